The van der Waals surface area contributed by atoms with Gasteiger partial charge in [-0.05, 0) is 13.5 Å². The van der Waals surface area contributed by atoms with Gasteiger partial charge >= 0.3 is 0 Å². The number of morpholine rings is 1. The highest BCUT2D eigenvalue weighted by Crippen LogP contribution is 2.21. The van der Waals surface area contributed by atoms with Crippen molar-refractivity contribution in [1.29, 1.82) is 0 Å². The molecular formula is C19H36IN7O. The first-order chi connectivity index (χ1) is 13.2. The molecule has 2 fully saturated rings. The maximum Gasteiger partial charge on any atom is 0.194 e. The van der Waals surface area contributed by atoms with Crippen molar-refractivity contribution in [2.45, 2.75) is 20.0 Å². The van der Waals surface area contributed by atoms with Crippen molar-refractivity contribution in [1.82, 2.24) is 29.8 Å². The molecule has 1 aromatic rings. The molecule has 0 saturated carbocycles. The lowest BCUT2D eigenvalue weighted by atomic mass is 10.1. The van der Waals surface area contributed by atoms with Crippen LogP contribution >= 0.6 is 24.0 Å². The molecule has 3 heterocycles. The molecule has 0 amide bonds. The number of hydrogen-bond donors (Lipinski definition) is 1. The Kier molecular flexibility index (Phi) is 9.96. The fourth-order valence-corrected chi connectivity index (χ4v) is 3.70. The minimum Gasteiger partial charge on any atom is -0.370 e. The molecule has 1 N–H and O–H groups in total. The second kappa shape index (κ2) is 11.9. The molecule has 0 bridgehead atoms. The van der Waals surface area contributed by atoms with Gasteiger partial charge in [0.15, 0.2) is 5.96 Å². The van der Waals surface area contributed by atoms with Gasteiger partial charge in [-0.25, -0.2) is 0 Å². The number of likely N-dealkylation sites (N-methyl/N-ethyl adjacent to an activating group) is 1. The van der Waals surface area contributed by atoms with Crippen LogP contribution in [0.1, 0.15) is 25.5 Å². The molecule has 2 aliphatic heterocycles. The average Bonchev–Trinajstić information content (AvgIpc) is 3.14. The number of halogens is 1. The standard InChI is InChI=1S/C19H35N7O.HI/c1-4-20-19(21-6-7-25-10-8-24(5-2)9-11-25)26-12-13-27-18(16-26)17-14-22-23(3)15-17;/h14-15,18H,4-13,16H2,1-3H3,(H,20,21);1H. The van der Waals surface area contributed by atoms with Crippen LogP contribution in [0.2, 0.25) is 0 Å². The van der Waals surface area contributed by atoms with E-state index in [0.29, 0.717) is 6.61 Å². The van der Waals surface area contributed by atoms with Gasteiger partial charge in [-0.1, -0.05) is 6.92 Å². The van der Waals surface area contributed by atoms with Crippen LogP contribution in [-0.2, 0) is 11.8 Å². The fraction of sp³-hybridized carbons (Fsp3) is 0.789. The van der Waals surface area contributed by atoms with Crippen LogP contribution in [0.3, 0.4) is 0 Å². The normalized spacial score (nSPS) is 22.2. The molecule has 1 aromatic heterocycles. The van der Waals surface area contributed by atoms with Gasteiger partial charge in [0.1, 0.15) is 6.10 Å². The number of hydrogen-bond acceptors (Lipinski definition) is 5. The quantitative estimate of drug-likeness (QED) is 0.354. The van der Waals surface area contributed by atoms with Crippen LogP contribution in [0.5, 0.6) is 0 Å². The van der Waals surface area contributed by atoms with E-state index in [0.717, 1.165) is 63.9 Å². The highest BCUT2D eigenvalue weighted by atomic mass is 127. The molecule has 1 unspecified atom stereocenters. The number of piperazine rings is 1. The number of rotatable bonds is 6. The summed E-state index contributed by atoms with van der Waals surface area (Å²) in [5.74, 6) is 1.00. The summed E-state index contributed by atoms with van der Waals surface area (Å²) in [5.41, 5.74) is 1.13. The third kappa shape index (κ3) is 6.57. The van der Waals surface area contributed by atoms with E-state index in [9.17, 15) is 0 Å². The Bertz CT molecular complexity index is 601. The van der Waals surface area contributed by atoms with Crippen molar-refractivity contribution in [3.8, 4) is 0 Å². The Hall–Kier alpha value is -0.910. The first-order valence-electron chi connectivity index (χ1n) is 10.3. The smallest absolute Gasteiger partial charge is 0.194 e. The molecular weight excluding hydrogens is 469 g/mol. The van der Waals surface area contributed by atoms with Crippen LogP contribution in [0, 0.1) is 0 Å². The number of aryl methyl sites for hydroxylation is 1. The summed E-state index contributed by atoms with van der Waals surface area (Å²) in [6.07, 6.45) is 3.99. The zero-order chi connectivity index (χ0) is 19.1. The predicted octanol–water partition coefficient (Wildman–Crippen LogP) is 1.01. The molecule has 9 heteroatoms. The summed E-state index contributed by atoms with van der Waals surface area (Å²) in [5, 5.41) is 7.73. The third-order valence-electron chi connectivity index (χ3n) is 5.39. The Morgan fingerprint density at radius 3 is 2.61 bits per heavy atom. The minimum absolute atomic E-state index is 0. The van der Waals surface area contributed by atoms with Crippen molar-refractivity contribution >= 4 is 29.9 Å². The second-order valence-electron chi connectivity index (χ2n) is 7.26. The predicted molar refractivity (Wildman–Crippen MR) is 123 cm³/mol. The van der Waals surface area contributed by atoms with E-state index in [1.807, 2.05) is 24.1 Å². The van der Waals surface area contributed by atoms with Crippen LogP contribution in [-0.4, -0.2) is 102 Å². The lowest BCUT2D eigenvalue weighted by Crippen LogP contribution is -2.49. The number of nitrogens with zero attached hydrogens (tertiary/aromatic N) is 6. The fourth-order valence-electron chi connectivity index (χ4n) is 3.70. The molecule has 160 valence electrons. The zero-order valence-electron chi connectivity index (χ0n) is 17.5. The molecule has 8 nitrogen and oxygen atoms in total. The Balaban J connectivity index is 0.00000280. The first-order valence-corrected chi connectivity index (χ1v) is 10.3. The van der Waals surface area contributed by atoms with Gasteiger partial charge in [-0.15, -0.1) is 24.0 Å². The van der Waals surface area contributed by atoms with Crippen molar-refractivity contribution < 1.29 is 4.74 Å². The van der Waals surface area contributed by atoms with Crippen LogP contribution < -0.4 is 5.32 Å². The maximum absolute atomic E-state index is 5.97. The van der Waals surface area contributed by atoms with E-state index < -0.39 is 0 Å². The van der Waals surface area contributed by atoms with Crippen molar-refractivity contribution in [3.63, 3.8) is 0 Å². The van der Waals surface area contributed by atoms with E-state index in [1.54, 1.807) is 0 Å². The summed E-state index contributed by atoms with van der Waals surface area (Å²) < 4.78 is 7.79. The van der Waals surface area contributed by atoms with Gasteiger partial charge in [-0.3, -0.25) is 14.6 Å². The van der Waals surface area contributed by atoms with Gasteiger partial charge in [0.25, 0.3) is 0 Å². The van der Waals surface area contributed by atoms with E-state index >= 15 is 0 Å². The highest BCUT2D eigenvalue weighted by molar-refractivity contribution is 14.0. The van der Waals surface area contributed by atoms with Gasteiger partial charge in [0.2, 0.25) is 0 Å². The number of guanidine groups is 1. The SMILES string of the molecule is CCNC(=NCCN1CCN(CC)CC1)N1CCOC(c2cnn(C)c2)C1.I. The zero-order valence-corrected chi connectivity index (χ0v) is 19.8. The number of ether oxygens (including phenoxy) is 1. The molecule has 2 aliphatic rings. The molecule has 0 spiro atoms. The Morgan fingerprint density at radius 1 is 1.21 bits per heavy atom. The van der Waals surface area contributed by atoms with E-state index in [1.165, 1.54) is 13.1 Å². The van der Waals surface area contributed by atoms with Crippen LogP contribution in [0.25, 0.3) is 0 Å². The van der Waals surface area contributed by atoms with Gasteiger partial charge in [-0.2, -0.15) is 5.10 Å². The lowest BCUT2D eigenvalue weighted by molar-refractivity contribution is -0.00805. The van der Waals surface area contributed by atoms with Crippen molar-refractivity contribution in [2.24, 2.45) is 12.0 Å². The van der Waals surface area contributed by atoms with Gasteiger partial charge in [0, 0.05) is 64.6 Å². The molecule has 2 saturated heterocycles. The second-order valence-corrected chi connectivity index (χ2v) is 7.26. The van der Waals surface area contributed by atoms with Crippen LogP contribution in [0.15, 0.2) is 17.4 Å². The van der Waals surface area contributed by atoms with Gasteiger partial charge in [0.05, 0.1) is 25.9 Å². The Morgan fingerprint density at radius 2 is 1.96 bits per heavy atom. The summed E-state index contributed by atoms with van der Waals surface area (Å²) >= 11 is 0. The van der Waals surface area contributed by atoms with E-state index in [-0.39, 0.29) is 30.1 Å². The highest BCUT2D eigenvalue weighted by Gasteiger charge is 2.25. The molecule has 28 heavy (non-hydrogen) atoms. The molecule has 1 atom stereocenters. The van der Waals surface area contributed by atoms with Crippen LogP contribution in [0.4, 0.5) is 0 Å². The summed E-state index contributed by atoms with van der Waals surface area (Å²) in [6.45, 7) is 15.3. The van der Waals surface area contributed by atoms with Crippen molar-refractivity contribution in [3.05, 3.63) is 18.0 Å². The summed E-state index contributed by atoms with van der Waals surface area (Å²) in [6, 6.07) is 0. The van der Waals surface area contributed by atoms with Gasteiger partial charge < -0.3 is 19.9 Å². The minimum atomic E-state index is 0. The monoisotopic (exact) mass is 505 g/mol. The first kappa shape index (κ1) is 23.4. The maximum atomic E-state index is 5.97. The number of aliphatic imine (C=N–C) groups is 1. The molecule has 0 radical (unpaired) electrons. The van der Waals surface area contributed by atoms with Crippen molar-refractivity contribution in [2.75, 3.05) is 72.1 Å². The van der Waals surface area contributed by atoms with E-state index in [4.69, 9.17) is 9.73 Å². The average molecular weight is 505 g/mol. The Labute approximate surface area is 186 Å². The molecule has 3 rings (SSSR count). The lowest BCUT2D eigenvalue weighted by Gasteiger charge is -2.35. The van der Waals surface area contributed by atoms with E-state index in [2.05, 4.69) is 39.0 Å². The molecule has 0 aliphatic carbocycles. The number of aromatic nitrogens is 2. The molecule has 0 aromatic carbocycles. The largest absolute Gasteiger partial charge is 0.370 e. The number of nitrogens with one attached hydrogen (secondary N) is 1. The summed E-state index contributed by atoms with van der Waals surface area (Å²) in [4.78, 5) is 12.3. The topological polar surface area (TPSA) is 61.2 Å². The summed E-state index contributed by atoms with van der Waals surface area (Å²) in [7, 11) is 1.94. The third-order valence-corrected chi connectivity index (χ3v) is 5.39.